The molecule has 1 amide bonds. The molecular formula is C24H27BN2O3. The van der Waals surface area contributed by atoms with Gasteiger partial charge in [0.15, 0.2) is 0 Å². The summed E-state index contributed by atoms with van der Waals surface area (Å²) in [6.07, 6.45) is 1.89. The highest BCUT2D eigenvalue weighted by Gasteiger charge is 2.25. The number of ether oxygens (including phenoxy) is 2. The molecule has 0 saturated heterocycles. The molecule has 1 aliphatic rings. The maximum absolute atomic E-state index is 11.8. The van der Waals surface area contributed by atoms with Crippen molar-refractivity contribution in [2.45, 2.75) is 46.3 Å². The molecule has 2 aromatic carbocycles. The lowest BCUT2D eigenvalue weighted by molar-refractivity contribution is 0.130. The van der Waals surface area contributed by atoms with Crippen LogP contribution in [0.15, 0.2) is 42.5 Å². The van der Waals surface area contributed by atoms with Crippen molar-refractivity contribution in [3.8, 4) is 17.0 Å². The number of anilines is 1. The van der Waals surface area contributed by atoms with E-state index in [-0.39, 0.29) is 6.10 Å². The normalized spacial score (nSPS) is 13.6. The van der Waals surface area contributed by atoms with Crippen molar-refractivity contribution in [3.63, 3.8) is 0 Å². The molecule has 1 aromatic heterocycles. The minimum absolute atomic E-state index is 0.163. The Morgan fingerprint density at radius 2 is 1.93 bits per heavy atom. The van der Waals surface area contributed by atoms with E-state index in [4.69, 9.17) is 17.3 Å². The number of amides is 1. The first-order valence-corrected chi connectivity index (χ1v) is 10.6. The fraction of sp³-hybridized carbons (Fsp3) is 0.375. The zero-order valence-corrected chi connectivity index (χ0v) is 17.8. The van der Waals surface area contributed by atoms with Crippen LogP contribution < -0.4 is 15.5 Å². The standard InChI is InChI=1S/C24H27BN2O3/c1-4-29-19-11-12-20-21(13-19)27(14-16-5-6-16)23(22(20)25)17-7-9-18(10-8-17)26-24(28)30-15(2)3/h7-13,15-16H,4-6,14H2,1-3H3,(H,26,28). The van der Waals surface area contributed by atoms with Gasteiger partial charge in [0, 0.05) is 24.0 Å². The van der Waals surface area contributed by atoms with Gasteiger partial charge in [-0.05, 0) is 74.7 Å². The van der Waals surface area contributed by atoms with Gasteiger partial charge < -0.3 is 14.0 Å². The fourth-order valence-electron chi connectivity index (χ4n) is 3.74. The van der Waals surface area contributed by atoms with Crippen LogP contribution in [0.4, 0.5) is 10.5 Å². The van der Waals surface area contributed by atoms with E-state index in [9.17, 15) is 4.79 Å². The van der Waals surface area contributed by atoms with Crippen LogP contribution >= 0.6 is 0 Å². The predicted molar refractivity (Wildman–Crippen MR) is 122 cm³/mol. The maximum Gasteiger partial charge on any atom is 0.411 e. The van der Waals surface area contributed by atoms with Gasteiger partial charge in [-0.3, -0.25) is 5.32 Å². The molecule has 1 heterocycles. The van der Waals surface area contributed by atoms with Crippen LogP contribution in [0.25, 0.3) is 22.2 Å². The Bertz CT molecular complexity index is 1050. The van der Waals surface area contributed by atoms with Crippen LogP contribution in [0.3, 0.4) is 0 Å². The SMILES string of the molecule is [B]c1c(-c2ccc(NC(=O)OC(C)C)cc2)n(CC2CC2)c2cc(OCC)ccc12. The molecule has 154 valence electrons. The second-order valence-corrected chi connectivity index (χ2v) is 8.08. The molecule has 3 aromatic rings. The van der Waals surface area contributed by atoms with E-state index < -0.39 is 6.09 Å². The molecule has 5 nitrogen and oxygen atoms in total. The lowest BCUT2D eigenvalue weighted by Gasteiger charge is -2.13. The summed E-state index contributed by atoms with van der Waals surface area (Å²) in [5, 5.41) is 3.79. The van der Waals surface area contributed by atoms with E-state index >= 15 is 0 Å². The molecule has 6 heteroatoms. The Balaban J connectivity index is 1.70. The van der Waals surface area contributed by atoms with Crippen molar-refractivity contribution >= 4 is 36.0 Å². The molecule has 1 fully saturated rings. The number of benzene rings is 2. The van der Waals surface area contributed by atoms with Crippen LogP contribution in [0, 0.1) is 5.92 Å². The molecule has 4 rings (SSSR count). The molecule has 1 N–H and O–H groups in total. The van der Waals surface area contributed by atoms with Crippen molar-refractivity contribution in [2.24, 2.45) is 5.92 Å². The van der Waals surface area contributed by atoms with Crippen molar-refractivity contribution in [3.05, 3.63) is 42.5 Å². The largest absolute Gasteiger partial charge is 0.494 e. The van der Waals surface area contributed by atoms with Gasteiger partial charge >= 0.3 is 6.09 Å². The van der Waals surface area contributed by atoms with E-state index in [2.05, 4.69) is 16.0 Å². The topological polar surface area (TPSA) is 52.5 Å². The summed E-state index contributed by atoms with van der Waals surface area (Å²) in [5.41, 5.74) is 4.59. The second kappa shape index (κ2) is 8.46. The molecule has 0 atom stereocenters. The number of nitrogens with zero attached hydrogens (tertiary/aromatic N) is 1. The van der Waals surface area contributed by atoms with Crippen molar-refractivity contribution in [1.82, 2.24) is 4.57 Å². The summed E-state index contributed by atoms with van der Waals surface area (Å²) >= 11 is 0. The van der Waals surface area contributed by atoms with Gasteiger partial charge in [-0.25, -0.2) is 4.79 Å². The van der Waals surface area contributed by atoms with Crippen LogP contribution in [0.1, 0.15) is 33.6 Å². The summed E-state index contributed by atoms with van der Waals surface area (Å²) in [5.74, 6) is 1.55. The van der Waals surface area contributed by atoms with Crippen molar-refractivity contribution in [2.75, 3.05) is 11.9 Å². The number of hydrogen-bond donors (Lipinski definition) is 1. The van der Waals surface area contributed by atoms with Gasteiger partial charge in [0.25, 0.3) is 0 Å². The van der Waals surface area contributed by atoms with Crippen molar-refractivity contribution < 1.29 is 14.3 Å². The van der Waals surface area contributed by atoms with Gasteiger partial charge in [-0.15, -0.1) is 0 Å². The molecule has 1 aliphatic carbocycles. The average Bonchev–Trinajstić information content (AvgIpc) is 3.48. The molecule has 1 saturated carbocycles. The van der Waals surface area contributed by atoms with Crippen LogP contribution in [-0.2, 0) is 11.3 Å². The first kappa shape index (κ1) is 20.4. The number of fused-ring (bicyclic) bond motifs is 1. The average molecular weight is 402 g/mol. The number of aromatic nitrogens is 1. The van der Waals surface area contributed by atoms with Gasteiger partial charge in [-0.1, -0.05) is 17.6 Å². The first-order valence-electron chi connectivity index (χ1n) is 10.6. The number of nitrogens with one attached hydrogen (secondary N) is 1. The summed E-state index contributed by atoms with van der Waals surface area (Å²) in [7, 11) is 6.61. The summed E-state index contributed by atoms with van der Waals surface area (Å²) in [4.78, 5) is 11.8. The number of rotatable bonds is 7. The third-order valence-electron chi connectivity index (χ3n) is 5.27. The van der Waals surface area contributed by atoms with Gasteiger partial charge in [0.1, 0.15) is 13.6 Å². The molecule has 0 spiro atoms. The monoisotopic (exact) mass is 402 g/mol. The minimum atomic E-state index is -0.455. The number of hydrogen-bond acceptors (Lipinski definition) is 3. The maximum atomic E-state index is 11.8. The fourth-order valence-corrected chi connectivity index (χ4v) is 3.74. The Hall–Kier alpha value is -2.89. The summed E-state index contributed by atoms with van der Waals surface area (Å²) < 4.78 is 13.2. The first-order chi connectivity index (χ1) is 14.5. The van der Waals surface area contributed by atoms with Crippen molar-refractivity contribution in [1.29, 1.82) is 0 Å². The predicted octanol–water partition coefficient (Wildman–Crippen LogP) is 4.87. The van der Waals surface area contributed by atoms with Crippen LogP contribution in [0.5, 0.6) is 5.75 Å². The van der Waals surface area contributed by atoms with E-state index in [0.29, 0.717) is 18.2 Å². The third kappa shape index (κ3) is 4.32. The van der Waals surface area contributed by atoms with Gasteiger partial charge in [0.05, 0.1) is 18.2 Å². The van der Waals surface area contributed by atoms with E-state index in [0.717, 1.165) is 39.9 Å². The minimum Gasteiger partial charge on any atom is -0.494 e. The Morgan fingerprint density at radius 1 is 1.20 bits per heavy atom. The highest BCUT2D eigenvalue weighted by molar-refractivity contribution is 6.42. The quantitative estimate of drug-likeness (QED) is 0.574. The van der Waals surface area contributed by atoms with E-state index in [1.54, 1.807) is 0 Å². The van der Waals surface area contributed by atoms with Gasteiger partial charge in [-0.2, -0.15) is 0 Å². The Labute approximate surface area is 178 Å². The second-order valence-electron chi connectivity index (χ2n) is 8.08. The Kier molecular flexibility index (Phi) is 5.75. The molecule has 0 unspecified atom stereocenters. The Morgan fingerprint density at radius 3 is 2.57 bits per heavy atom. The zero-order valence-electron chi connectivity index (χ0n) is 17.8. The number of carbonyl (C=O) groups is 1. The summed E-state index contributed by atoms with van der Waals surface area (Å²) in [6.45, 7) is 7.20. The van der Waals surface area contributed by atoms with Gasteiger partial charge in [0.2, 0.25) is 0 Å². The van der Waals surface area contributed by atoms with E-state index in [1.165, 1.54) is 12.8 Å². The zero-order chi connectivity index (χ0) is 21.3. The molecule has 0 bridgehead atoms. The highest BCUT2D eigenvalue weighted by Crippen LogP contribution is 2.36. The number of carbonyl (C=O) groups excluding carboxylic acids is 1. The van der Waals surface area contributed by atoms with E-state index in [1.807, 2.05) is 57.2 Å². The molecule has 30 heavy (non-hydrogen) atoms. The lowest BCUT2D eigenvalue weighted by atomic mass is 9.90. The smallest absolute Gasteiger partial charge is 0.411 e. The molecule has 2 radical (unpaired) electrons. The lowest BCUT2D eigenvalue weighted by Crippen LogP contribution is -2.17. The molecular weight excluding hydrogens is 375 g/mol. The highest BCUT2D eigenvalue weighted by atomic mass is 16.6. The van der Waals surface area contributed by atoms with Crippen LogP contribution in [0.2, 0.25) is 0 Å². The third-order valence-corrected chi connectivity index (χ3v) is 5.27. The van der Waals surface area contributed by atoms with Crippen LogP contribution in [-0.4, -0.2) is 31.2 Å². The molecule has 0 aliphatic heterocycles. The summed E-state index contributed by atoms with van der Waals surface area (Å²) in [6, 6.07) is 13.8.